The number of benzene rings is 1. The number of fused-ring (bicyclic) bond motifs is 1. The predicted octanol–water partition coefficient (Wildman–Crippen LogP) is 1.44. The average Bonchev–Trinajstić information content (AvgIpc) is 2.39. The molecule has 2 N–H and O–H groups in total. The van der Waals surface area contributed by atoms with Crippen molar-refractivity contribution in [1.29, 1.82) is 0 Å². The highest BCUT2D eigenvalue weighted by molar-refractivity contribution is 7.89. The Bertz CT molecular complexity index is 785. The van der Waals surface area contributed by atoms with E-state index in [9.17, 15) is 8.42 Å². The van der Waals surface area contributed by atoms with Crippen LogP contribution in [0.3, 0.4) is 0 Å². The lowest BCUT2D eigenvalue weighted by atomic mass is 9.94. The molecule has 0 radical (unpaired) electrons. The number of sulfonamides is 1. The van der Waals surface area contributed by atoms with Crippen LogP contribution in [0.4, 0.5) is 5.82 Å². The number of anilines is 1. The highest BCUT2D eigenvalue weighted by atomic mass is 32.2. The van der Waals surface area contributed by atoms with E-state index in [1.807, 2.05) is 6.92 Å². The molecule has 6 nitrogen and oxygen atoms in total. The molecule has 0 bridgehead atoms. The molecule has 1 aliphatic rings. The lowest BCUT2D eigenvalue weighted by Crippen LogP contribution is -2.47. The number of rotatable bonds is 5. The predicted molar refractivity (Wildman–Crippen MR) is 87.2 cm³/mol. The van der Waals surface area contributed by atoms with Crippen molar-refractivity contribution in [2.75, 3.05) is 23.7 Å². The molecule has 1 aliphatic heterocycles. The summed E-state index contributed by atoms with van der Waals surface area (Å²) in [6, 6.07) is 6.19. The molecule has 1 aromatic carbocycles. The van der Waals surface area contributed by atoms with E-state index in [4.69, 9.17) is 5.14 Å². The van der Waals surface area contributed by atoms with Crippen molar-refractivity contribution in [1.82, 2.24) is 9.97 Å². The fraction of sp³-hybridized carbons (Fsp3) is 0.467. The summed E-state index contributed by atoms with van der Waals surface area (Å²) in [6.45, 7) is 3.86. The second-order valence-corrected chi connectivity index (χ2v) is 7.73. The molecule has 0 amide bonds. The molecule has 0 aliphatic carbocycles. The quantitative estimate of drug-likeness (QED) is 0.900. The maximum absolute atomic E-state index is 10.9. The molecule has 1 saturated heterocycles. The molecule has 7 heteroatoms. The molecule has 0 unspecified atom stereocenters. The van der Waals surface area contributed by atoms with Gasteiger partial charge in [-0.25, -0.2) is 23.5 Å². The lowest BCUT2D eigenvalue weighted by molar-refractivity contribution is 0.379. The van der Waals surface area contributed by atoms with Crippen LogP contribution in [0.5, 0.6) is 0 Å². The molecular weight excluding hydrogens is 300 g/mol. The maximum atomic E-state index is 10.9. The van der Waals surface area contributed by atoms with Gasteiger partial charge in [0, 0.05) is 18.5 Å². The summed E-state index contributed by atoms with van der Waals surface area (Å²) in [5.41, 5.74) is 2.14. The molecule has 2 aromatic rings. The molecule has 118 valence electrons. The van der Waals surface area contributed by atoms with E-state index in [1.165, 1.54) is 5.56 Å². The van der Waals surface area contributed by atoms with E-state index in [0.717, 1.165) is 36.2 Å². The standard InChI is InChI=1S/C15H20N4O2S/c1-11-4-5-13-14(7-11)17-10-18-15(13)19-8-12(9-19)3-2-6-22(16,20)21/h4-5,7,10,12H,2-3,6,8-9H2,1H3,(H2,16,20,21). The van der Waals surface area contributed by atoms with Crippen LogP contribution in [-0.2, 0) is 10.0 Å². The largest absolute Gasteiger partial charge is 0.355 e. The molecule has 22 heavy (non-hydrogen) atoms. The van der Waals surface area contributed by atoms with Crippen LogP contribution >= 0.6 is 0 Å². The molecular formula is C15H20N4O2S. The zero-order chi connectivity index (χ0) is 15.7. The smallest absolute Gasteiger partial charge is 0.209 e. The van der Waals surface area contributed by atoms with Crippen molar-refractivity contribution in [3.8, 4) is 0 Å². The van der Waals surface area contributed by atoms with Gasteiger partial charge in [-0.3, -0.25) is 0 Å². The third-order valence-electron chi connectivity index (χ3n) is 4.07. The minimum Gasteiger partial charge on any atom is -0.355 e. The summed E-state index contributed by atoms with van der Waals surface area (Å²) < 4.78 is 21.9. The zero-order valence-corrected chi connectivity index (χ0v) is 13.4. The van der Waals surface area contributed by atoms with Crippen molar-refractivity contribution >= 4 is 26.7 Å². The van der Waals surface area contributed by atoms with Crippen molar-refractivity contribution < 1.29 is 8.42 Å². The van der Waals surface area contributed by atoms with Crippen LogP contribution in [0.15, 0.2) is 24.5 Å². The Balaban J connectivity index is 1.63. The Morgan fingerprint density at radius 2 is 2.09 bits per heavy atom. The van der Waals surface area contributed by atoms with Gasteiger partial charge in [-0.2, -0.15) is 0 Å². The number of aryl methyl sites for hydroxylation is 1. The first-order valence-corrected chi connectivity index (χ1v) is 9.11. The van der Waals surface area contributed by atoms with Crippen molar-refractivity contribution in [3.63, 3.8) is 0 Å². The van der Waals surface area contributed by atoms with Crippen LogP contribution in [0.2, 0.25) is 0 Å². The van der Waals surface area contributed by atoms with Crippen molar-refractivity contribution in [2.45, 2.75) is 19.8 Å². The monoisotopic (exact) mass is 320 g/mol. The van der Waals surface area contributed by atoms with Gasteiger partial charge >= 0.3 is 0 Å². The molecule has 2 heterocycles. The number of aromatic nitrogens is 2. The topological polar surface area (TPSA) is 89.2 Å². The Morgan fingerprint density at radius 3 is 2.82 bits per heavy atom. The van der Waals surface area contributed by atoms with Gasteiger partial charge in [-0.1, -0.05) is 6.07 Å². The maximum Gasteiger partial charge on any atom is 0.209 e. The average molecular weight is 320 g/mol. The molecule has 0 atom stereocenters. The Hall–Kier alpha value is -1.73. The van der Waals surface area contributed by atoms with E-state index < -0.39 is 10.0 Å². The van der Waals surface area contributed by atoms with Gasteiger partial charge in [0.1, 0.15) is 12.1 Å². The number of nitrogens with two attached hydrogens (primary N) is 1. The normalized spacial score (nSPS) is 16.0. The SMILES string of the molecule is Cc1ccc2c(N3CC(CCCS(N)(=O)=O)C3)ncnc2c1. The minimum atomic E-state index is -3.34. The summed E-state index contributed by atoms with van der Waals surface area (Å²) in [4.78, 5) is 11.0. The number of primary sulfonamides is 1. The molecule has 0 saturated carbocycles. The summed E-state index contributed by atoms with van der Waals surface area (Å²) >= 11 is 0. The summed E-state index contributed by atoms with van der Waals surface area (Å²) in [7, 11) is -3.34. The summed E-state index contributed by atoms with van der Waals surface area (Å²) in [5.74, 6) is 1.55. The Morgan fingerprint density at radius 1 is 1.32 bits per heavy atom. The van der Waals surface area contributed by atoms with Gasteiger partial charge in [0.25, 0.3) is 0 Å². The van der Waals surface area contributed by atoms with Gasteiger partial charge in [-0.15, -0.1) is 0 Å². The van der Waals surface area contributed by atoms with Crippen LogP contribution < -0.4 is 10.0 Å². The van der Waals surface area contributed by atoms with Gasteiger partial charge in [0.15, 0.2) is 0 Å². The van der Waals surface area contributed by atoms with E-state index in [-0.39, 0.29) is 5.75 Å². The van der Waals surface area contributed by atoms with Crippen LogP contribution in [-0.4, -0.2) is 37.2 Å². The number of hydrogen-bond donors (Lipinski definition) is 1. The fourth-order valence-corrected chi connectivity index (χ4v) is 3.47. The van der Waals surface area contributed by atoms with Crippen molar-refractivity contribution in [2.24, 2.45) is 11.1 Å². The van der Waals surface area contributed by atoms with Gasteiger partial charge in [0.05, 0.1) is 11.3 Å². The van der Waals surface area contributed by atoms with E-state index >= 15 is 0 Å². The molecule has 1 fully saturated rings. The second-order valence-electron chi connectivity index (χ2n) is 6.00. The minimum absolute atomic E-state index is 0.0687. The van der Waals surface area contributed by atoms with Crippen LogP contribution in [0.25, 0.3) is 10.9 Å². The number of nitrogens with zero attached hydrogens (tertiary/aromatic N) is 3. The van der Waals surface area contributed by atoms with Crippen LogP contribution in [0, 0.1) is 12.8 Å². The highest BCUT2D eigenvalue weighted by Crippen LogP contribution is 2.30. The van der Waals surface area contributed by atoms with Gasteiger partial charge < -0.3 is 4.90 Å². The second kappa shape index (κ2) is 5.81. The summed E-state index contributed by atoms with van der Waals surface area (Å²) in [5, 5.41) is 6.08. The highest BCUT2D eigenvalue weighted by Gasteiger charge is 2.28. The third-order valence-corrected chi connectivity index (χ3v) is 4.93. The first kappa shape index (κ1) is 15.2. The number of hydrogen-bond acceptors (Lipinski definition) is 5. The molecule has 0 spiro atoms. The molecule has 3 rings (SSSR count). The summed E-state index contributed by atoms with van der Waals surface area (Å²) in [6.07, 6.45) is 3.11. The van der Waals surface area contributed by atoms with Crippen LogP contribution in [0.1, 0.15) is 18.4 Å². The van der Waals surface area contributed by atoms with Crippen molar-refractivity contribution in [3.05, 3.63) is 30.1 Å². The molecule has 1 aromatic heterocycles. The zero-order valence-electron chi connectivity index (χ0n) is 12.6. The first-order chi connectivity index (χ1) is 10.4. The Labute approximate surface area is 130 Å². The third kappa shape index (κ3) is 3.36. The van der Waals surface area contributed by atoms with E-state index in [1.54, 1.807) is 6.33 Å². The van der Waals surface area contributed by atoms with Gasteiger partial charge in [-0.05, 0) is 43.4 Å². The fourth-order valence-electron chi connectivity index (χ4n) is 2.90. The lowest BCUT2D eigenvalue weighted by Gasteiger charge is -2.40. The van der Waals surface area contributed by atoms with E-state index in [2.05, 4.69) is 33.1 Å². The Kier molecular flexibility index (Phi) is 4.01. The van der Waals surface area contributed by atoms with E-state index in [0.29, 0.717) is 12.3 Å². The first-order valence-electron chi connectivity index (χ1n) is 7.39. The van der Waals surface area contributed by atoms with Gasteiger partial charge in [0.2, 0.25) is 10.0 Å².